The number of nitrogens with one attached hydrogen (secondary N) is 2. The quantitative estimate of drug-likeness (QED) is 0.550. The average molecular weight is 382 g/mol. The number of carbonyl (C=O) groups excluding carboxylic acids is 2. The molecular formula is C15H18N4O6S. The lowest BCUT2D eigenvalue weighted by molar-refractivity contribution is -0.142. The molecule has 0 spiro atoms. The van der Waals surface area contributed by atoms with E-state index in [1.165, 1.54) is 24.5 Å². The van der Waals surface area contributed by atoms with Gasteiger partial charge in [0.25, 0.3) is 5.91 Å². The Labute approximate surface area is 152 Å². The van der Waals surface area contributed by atoms with Crippen molar-refractivity contribution in [3.63, 3.8) is 0 Å². The summed E-state index contributed by atoms with van der Waals surface area (Å²) in [6.45, 7) is 1.48. The number of aliphatic carboxylic acids is 1. The van der Waals surface area contributed by atoms with Crippen LogP contribution < -0.4 is 10.6 Å². The molecule has 10 nitrogen and oxygen atoms in total. The number of carboxylic acid groups (broad SMARTS) is 1. The molecule has 3 N–H and O–H groups in total. The zero-order valence-electron chi connectivity index (χ0n) is 14.1. The zero-order chi connectivity index (χ0) is 19.1. The number of amides is 2. The Morgan fingerprint density at radius 1 is 1.35 bits per heavy atom. The van der Waals surface area contributed by atoms with Gasteiger partial charge in [0.15, 0.2) is 5.69 Å². The maximum Gasteiger partial charge on any atom is 0.326 e. The van der Waals surface area contributed by atoms with E-state index in [4.69, 9.17) is 9.26 Å². The molecule has 2 amide bonds. The maximum atomic E-state index is 12.4. The number of carbonyl (C=O) groups is 3. The van der Waals surface area contributed by atoms with E-state index in [2.05, 4.69) is 20.8 Å². The molecule has 26 heavy (non-hydrogen) atoms. The van der Waals surface area contributed by atoms with Crippen LogP contribution in [0.4, 0.5) is 0 Å². The van der Waals surface area contributed by atoms with Crippen molar-refractivity contribution in [1.29, 1.82) is 0 Å². The second kappa shape index (κ2) is 9.06. The summed E-state index contributed by atoms with van der Waals surface area (Å²) in [7, 11) is 1.36. The van der Waals surface area contributed by atoms with E-state index in [0.29, 0.717) is 11.5 Å². The van der Waals surface area contributed by atoms with E-state index in [9.17, 15) is 19.5 Å². The molecular weight excluding hydrogens is 364 g/mol. The van der Waals surface area contributed by atoms with E-state index in [1.54, 1.807) is 17.8 Å². The molecule has 0 bridgehead atoms. The molecule has 0 aliphatic carbocycles. The van der Waals surface area contributed by atoms with Crippen LogP contribution in [0.3, 0.4) is 0 Å². The Morgan fingerprint density at radius 2 is 2.12 bits per heavy atom. The second-order valence-corrected chi connectivity index (χ2v) is 6.11. The Morgan fingerprint density at radius 3 is 2.65 bits per heavy atom. The number of thiazole rings is 1. The first-order chi connectivity index (χ1) is 12.4. The van der Waals surface area contributed by atoms with Gasteiger partial charge in [-0.1, -0.05) is 5.16 Å². The number of hydrogen-bond donors (Lipinski definition) is 3. The summed E-state index contributed by atoms with van der Waals surface area (Å²) in [6, 6.07) is -0.865. The normalized spacial score (nSPS) is 13.0. The molecule has 2 aromatic rings. The number of nitrogens with zero attached hydrogens (tertiary/aromatic N) is 2. The molecule has 2 heterocycles. The summed E-state index contributed by atoms with van der Waals surface area (Å²) in [5, 5.41) is 19.4. The fourth-order valence-electron chi connectivity index (χ4n) is 2.08. The standard InChI is InChI=1S/C15H18N4O6S/c1-8-3-10(19-25-8)13(20)18-12(5-24-2)14(21)17-11(15(22)23)4-9-6-26-7-16-9/h3,6-7,11-12H,4-5H2,1-2H3,(H,17,21)(H,18,20)(H,22,23)/t11-,12-/m0/s1. The Kier molecular flexibility index (Phi) is 6.81. The highest BCUT2D eigenvalue weighted by Crippen LogP contribution is 2.06. The number of rotatable bonds is 9. The van der Waals surface area contributed by atoms with Gasteiger partial charge in [0.2, 0.25) is 5.91 Å². The molecule has 2 atom stereocenters. The lowest BCUT2D eigenvalue weighted by Crippen LogP contribution is -2.54. The predicted molar refractivity (Wildman–Crippen MR) is 89.8 cm³/mol. The van der Waals surface area contributed by atoms with Gasteiger partial charge >= 0.3 is 5.97 Å². The maximum absolute atomic E-state index is 12.4. The van der Waals surface area contributed by atoms with E-state index in [1.807, 2.05) is 0 Å². The monoisotopic (exact) mass is 382 g/mol. The van der Waals surface area contributed by atoms with Crippen molar-refractivity contribution in [2.75, 3.05) is 13.7 Å². The van der Waals surface area contributed by atoms with E-state index in [-0.39, 0.29) is 18.7 Å². The first kappa shape index (κ1) is 19.5. The van der Waals surface area contributed by atoms with Crippen LogP contribution in [0.15, 0.2) is 21.5 Å². The van der Waals surface area contributed by atoms with E-state index in [0.717, 1.165) is 0 Å². The van der Waals surface area contributed by atoms with Gasteiger partial charge < -0.3 is 25.0 Å². The topological polar surface area (TPSA) is 144 Å². The first-order valence-corrected chi connectivity index (χ1v) is 8.48. The minimum atomic E-state index is -1.21. The van der Waals surface area contributed by atoms with Crippen LogP contribution in [0.25, 0.3) is 0 Å². The van der Waals surface area contributed by atoms with Crippen molar-refractivity contribution >= 4 is 29.1 Å². The highest BCUT2D eigenvalue weighted by Gasteiger charge is 2.28. The van der Waals surface area contributed by atoms with Gasteiger partial charge in [-0.25, -0.2) is 9.78 Å². The molecule has 11 heteroatoms. The molecule has 0 aromatic carbocycles. The van der Waals surface area contributed by atoms with Gasteiger partial charge in [-0.15, -0.1) is 11.3 Å². The third-order valence-corrected chi connectivity index (χ3v) is 3.96. The summed E-state index contributed by atoms with van der Waals surface area (Å²) < 4.78 is 9.75. The number of aromatic nitrogens is 2. The van der Waals surface area contributed by atoms with Crippen molar-refractivity contribution in [2.24, 2.45) is 0 Å². The van der Waals surface area contributed by atoms with Crippen LogP contribution in [0, 0.1) is 6.92 Å². The summed E-state index contributed by atoms with van der Waals surface area (Å²) >= 11 is 1.33. The molecule has 0 saturated heterocycles. The van der Waals surface area contributed by atoms with Crippen LogP contribution in [-0.2, 0) is 20.7 Å². The molecule has 2 aromatic heterocycles. The van der Waals surface area contributed by atoms with E-state index >= 15 is 0 Å². The highest BCUT2D eigenvalue weighted by atomic mass is 32.1. The fraction of sp³-hybridized carbons (Fsp3) is 0.400. The van der Waals surface area contributed by atoms with Crippen molar-refractivity contribution in [1.82, 2.24) is 20.8 Å². The van der Waals surface area contributed by atoms with Crippen LogP contribution in [0.5, 0.6) is 0 Å². The fourth-order valence-corrected chi connectivity index (χ4v) is 2.65. The minimum Gasteiger partial charge on any atom is -0.480 e. The molecule has 0 aliphatic rings. The van der Waals surface area contributed by atoms with Gasteiger partial charge in [-0.3, -0.25) is 9.59 Å². The minimum absolute atomic E-state index is 0.00802. The molecule has 0 unspecified atom stereocenters. The molecule has 2 rings (SSSR count). The lowest BCUT2D eigenvalue weighted by atomic mass is 10.1. The highest BCUT2D eigenvalue weighted by molar-refractivity contribution is 7.07. The first-order valence-electron chi connectivity index (χ1n) is 7.54. The van der Waals surface area contributed by atoms with Gasteiger partial charge in [0.1, 0.15) is 17.8 Å². The predicted octanol–water partition coefficient (Wildman–Crippen LogP) is -0.00358. The average Bonchev–Trinajstić information content (AvgIpc) is 3.25. The number of carboxylic acids is 1. The molecule has 140 valence electrons. The van der Waals surface area contributed by atoms with Crippen LogP contribution >= 0.6 is 11.3 Å². The van der Waals surface area contributed by atoms with Crippen molar-refractivity contribution in [3.05, 3.63) is 34.1 Å². The van der Waals surface area contributed by atoms with E-state index < -0.39 is 29.9 Å². The Hall–Kier alpha value is -2.79. The van der Waals surface area contributed by atoms with Crippen LogP contribution in [-0.4, -0.2) is 58.8 Å². The molecule has 0 saturated carbocycles. The summed E-state index contributed by atoms with van der Waals surface area (Å²) in [6.07, 6.45) is 0.0285. The number of hydrogen-bond acceptors (Lipinski definition) is 8. The van der Waals surface area contributed by atoms with Crippen LogP contribution in [0.1, 0.15) is 21.9 Å². The van der Waals surface area contributed by atoms with Crippen LogP contribution in [0.2, 0.25) is 0 Å². The summed E-state index contributed by atoms with van der Waals surface area (Å²) in [4.78, 5) is 40.0. The lowest BCUT2D eigenvalue weighted by Gasteiger charge is -2.20. The summed E-state index contributed by atoms with van der Waals surface area (Å²) in [5.74, 6) is -2.09. The molecule has 0 fully saturated rings. The zero-order valence-corrected chi connectivity index (χ0v) is 14.9. The SMILES string of the molecule is COC[C@H](NC(=O)c1cc(C)on1)C(=O)N[C@@H](Cc1cscn1)C(=O)O. The second-order valence-electron chi connectivity index (χ2n) is 5.39. The van der Waals surface area contributed by atoms with Gasteiger partial charge in [-0.2, -0.15) is 0 Å². The van der Waals surface area contributed by atoms with Crippen molar-refractivity contribution in [3.8, 4) is 0 Å². The third-order valence-electron chi connectivity index (χ3n) is 3.33. The Balaban J connectivity index is 2.03. The number of methoxy groups -OCH3 is 1. The third kappa shape index (κ3) is 5.36. The molecule has 0 aliphatic heterocycles. The van der Waals surface area contributed by atoms with Gasteiger partial charge in [0.05, 0.1) is 17.8 Å². The smallest absolute Gasteiger partial charge is 0.326 e. The van der Waals surface area contributed by atoms with Gasteiger partial charge in [0, 0.05) is 25.0 Å². The number of ether oxygens (including phenoxy) is 1. The van der Waals surface area contributed by atoms with Crippen molar-refractivity contribution < 1.29 is 28.8 Å². The number of aryl methyl sites for hydroxylation is 1. The Bertz CT molecular complexity index is 760. The van der Waals surface area contributed by atoms with Gasteiger partial charge in [-0.05, 0) is 6.92 Å². The van der Waals surface area contributed by atoms with Crippen molar-refractivity contribution in [2.45, 2.75) is 25.4 Å². The largest absolute Gasteiger partial charge is 0.480 e. The molecule has 0 radical (unpaired) electrons. The summed E-state index contributed by atoms with van der Waals surface area (Å²) in [5.41, 5.74) is 2.13.